The minimum absolute atomic E-state index is 0.159. The number of nitrogens with zero attached hydrogens (tertiary/aromatic N) is 2. The molecule has 120 valence electrons. The van der Waals surface area contributed by atoms with E-state index < -0.39 is 0 Å². The molecule has 3 heterocycles. The number of fused-ring (bicyclic) bond motifs is 1. The topological polar surface area (TPSA) is 75.2 Å². The van der Waals surface area contributed by atoms with Crippen LogP contribution < -0.4 is 10.3 Å². The van der Waals surface area contributed by atoms with Crippen LogP contribution in [-0.4, -0.2) is 26.7 Å². The van der Waals surface area contributed by atoms with Gasteiger partial charge in [0.2, 0.25) is 0 Å². The number of aryl methyl sites for hydroxylation is 1. The molecule has 0 aliphatic rings. The molecule has 0 saturated carbocycles. The predicted molar refractivity (Wildman–Crippen MR) is 92.3 cm³/mol. The molecule has 1 aromatic carbocycles. The quantitative estimate of drug-likeness (QED) is 0.609. The molecule has 0 bridgehead atoms. The first-order valence-corrected chi connectivity index (χ1v) is 7.58. The number of benzene rings is 1. The van der Waals surface area contributed by atoms with Gasteiger partial charge < -0.3 is 9.84 Å². The highest BCUT2D eigenvalue weighted by Crippen LogP contribution is 2.32. The summed E-state index contributed by atoms with van der Waals surface area (Å²) in [5, 5.41) is 5.53. The van der Waals surface area contributed by atoms with Crippen LogP contribution in [0.15, 0.2) is 53.5 Å². The Morgan fingerprint density at radius 1 is 1.08 bits per heavy atom. The van der Waals surface area contributed by atoms with E-state index >= 15 is 0 Å². The van der Waals surface area contributed by atoms with E-state index in [1.807, 2.05) is 60.0 Å². The normalized spacial score (nSPS) is 11.1. The molecule has 6 nitrogen and oxygen atoms in total. The molecule has 24 heavy (non-hydrogen) atoms. The second-order valence-electron chi connectivity index (χ2n) is 5.55. The van der Waals surface area contributed by atoms with Crippen LogP contribution in [0.5, 0.6) is 5.75 Å². The smallest absolute Gasteiger partial charge is 0.273 e. The molecule has 0 atom stereocenters. The number of imidazole rings is 1. The lowest BCUT2D eigenvalue weighted by Crippen LogP contribution is -2.04. The van der Waals surface area contributed by atoms with Crippen molar-refractivity contribution in [3.63, 3.8) is 0 Å². The van der Waals surface area contributed by atoms with E-state index in [1.165, 1.54) is 0 Å². The van der Waals surface area contributed by atoms with Crippen LogP contribution in [0.1, 0.15) is 5.69 Å². The number of ether oxygens (including phenoxy) is 1. The number of hydrogen-bond donors (Lipinski definition) is 2. The van der Waals surface area contributed by atoms with E-state index in [-0.39, 0.29) is 5.56 Å². The first-order valence-electron chi connectivity index (χ1n) is 7.58. The zero-order valence-corrected chi connectivity index (χ0v) is 13.3. The van der Waals surface area contributed by atoms with Crippen molar-refractivity contribution >= 4 is 5.65 Å². The summed E-state index contributed by atoms with van der Waals surface area (Å²) in [6.07, 6.45) is 1.91. The van der Waals surface area contributed by atoms with Gasteiger partial charge in [-0.2, -0.15) is 0 Å². The average molecular weight is 320 g/mol. The van der Waals surface area contributed by atoms with Crippen LogP contribution >= 0.6 is 0 Å². The molecule has 0 fully saturated rings. The zero-order chi connectivity index (χ0) is 16.7. The molecule has 0 aliphatic carbocycles. The Morgan fingerprint density at radius 3 is 2.54 bits per heavy atom. The van der Waals surface area contributed by atoms with Crippen molar-refractivity contribution < 1.29 is 4.74 Å². The third-order valence-corrected chi connectivity index (χ3v) is 4.10. The maximum Gasteiger partial charge on any atom is 0.273 e. The van der Waals surface area contributed by atoms with Gasteiger partial charge >= 0.3 is 0 Å². The summed E-state index contributed by atoms with van der Waals surface area (Å²) in [4.78, 5) is 17.1. The number of aromatic amines is 2. The molecule has 0 aliphatic heterocycles. The van der Waals surface area contributed by atoms with Crippen molar-refractivity contribution in [2.45, 2.75) is 6.92 Å². The molecule has 2 N–H and O–H groups in total. The molecular formula is C18H16N4O2. The summed E-state index contributed by atoms with van der Waals surface area (Å²) < 4.78 is 7.15. The lowest BCUT2D eigenvalue weighted by atomic mass is 10.1. The van der Waals surface area contributed by atoms with E-state index in [0.717, 1.165) is 34.0 Å². The average Bonchev–Trinajstić information content (AvgIpc) is 3.15. The van der Waals surface area contributed by atoms with Gasteiger partial charge in [0.05, 0.1) is 24.1 Å². The number of methoxy groups -OCH3 is 1. The van der Waals surface area contributed by atoms with Gasteiger partial charge in [-0.05, 0) is 43.3 Å². The van der Waals surface area contributed by atoms with Crippen LogP contribution in [0.2, 0.25) is 0 Å². The van der Waals surface area contributed by atoms with E-state index in [2.05, 4.69) is 10.2 Å². The van der Waals surface area contributed by atoms with Crippen LogP contribution in [0.25, 0.3) is 28.2 Å². The van der Waals surface area contributed by atoms with Crippen LogP contribution in [0.4, 0.5) is 0 Å². The predicted octanol–water partition coefficient (Wildman–Crippen LogP) is 3.00. The molecule has 0 spiro atoms. The second kappa shape index (κ2) is 5.42. The minimum atomic E-state index is -0.159. The van der Waals surface area contributed by atoms with Gasteiger partial charge in [0.15, 0.2) is 0 Å². The molecule has 4 rings (SSSR count). The monoisotopic (exact) mass is 320 g/mol. The molecule has 0 amide bonds. The lowest BCUT2D eigenvalue weighted by Gasteiger charge is -2.05. The standard InChI is InChI=1S/C18H16N4O2/c1-11-15(18(23)21-20-11)17-16(12-6-8-13(24-2)9-7-12)19-14-5-3-4-10-22(14)17/h3-10H,1-2H3,(H2,20,21,23). The Morgan fingerprint density at radius 2 is 1.88 bits per heavy atom. The summed E-state index contributed by atoms with van der Waals surface area (Å²) in [6, 6.07) is 13.4. The lowest BCUT2D eigenvalue weighted by molar-refractivity contribution is 0.415. The summed E-state index contributed by atoms with van der Waals surface area (Å²) in [6.45, 7) is 1.87. The first kappa shape index (κ1) is 14.3. The minimum Gasteiger partial charge on any atom is -0.497 e. The highest BCUT2D eigenvalue weighted by atomic mass is 16.5. The van der Waals surface area contributed by atoms with Gasteiger partial charge in [-0.3, -0.25) is 14.3 Å². The zero-order valence-electron chi connectivity index (χ0n) is 13.3. The fraction of sp³-hybridized carbons (Fsp3) is 0.111. The van der Waals surface area contributed by atoms with Crippen molar-refractivity contribution in [3.05, 3.63) is 64.7 Å². The van der Waals surface area contributed by atoms with Crippen LogP contribution in [0, 0.1) is 6.92 Å². The molecular weight excluding hydrogens is 304 g/mol. The SMILES string of the molecule is COc1ccc(-c2nc3ccccn3c2-c2c(C)[nH][nH]c2=O)cc1. The third kappa shape index (κ3) is 2.11. The van der Waals surface area contributed by atoms with Crippen LogP contribution in [-0.2, 0) is 0 Å². The third-order valence-electron chi connectivity index (χ3n) is 4.10. The molecule has 4 aromatic rings. The van der Waals surface area contributed by atoms with E-state index in [4.69, 9.17) is 9.72 Å². The molecule has 0 saturated heterocycles. The highest BCUT2D eigenvalue weighted by Gasteiger charge is 2.20. The van der Waals surface area contributed by atoms with Crippen molar-refractivity contribution in [2.75, 3.05) is 7.11 Å². The fourth-order valence-corrected chi connectivity index (χ4v) is 2.92. The Bertz CT molecular complexity index is 1070. The Balaban J connectivity index is 2.05. The molecule has 6 heteroatoms. The highest BCUT2D eigenvalue weighted by molar-refractivity contribution is 5.82. The maximum atomic E-state index is 12.3. The number of aromatic nitrogens is 4. The van der Waals surface area contributed by atoms with Gasteiger partial charge in [-0.25, -0.2) is 4.98 Å². The molecule has 0 unspecified atom stereocenters. The maximum absolute atomic E-state index is 12.3. The number of H-pyrrole nitrogens is 2. The van der Waals surface area contributed by atoms with Crippen LogP contribution in [0.3, 0.4) is 0 Å². The number of nitrogens with one attached hydrogen (secondary N) is 2. The fourth-order valence-electron chi connectivity index (χ4n) is 2.92. The van der Waals surface area contributed by atoms with Gasteiger partial charge in [-0.15, -0.1) is 0 Å². The van der Waals surface area contributed by atoms with Crippen molar-refractivity contribution in [3.8, 4) is 28.3 Å². The Kier molecular flexibility index (Phi) is 3.23. The Labute approximate surface area is 137 Å². The number of hydrogen-bond acceptors (Lipinski definition) is 3. The van der Waals surface area contributed by atoms with E-state index in [1.54, 1.807) is 7.11 Å². The number of rotatable bonds is 3. The largest absolute Gasteiger partial charge is 0.497 e. The van der Waals surface area contributed by atoms with Crippen molar-refractivity contribution in [1.82, 2.24) is 19.6 Å². The van der Waals surface area contributed by atoms with Crippen molar-refractivity contribution in [1.29, 1.82) is 0 Å². The van der Waals surface area contributed by atoms with Gasteiger partial charge in [0.1, 0.15) is 11.4 Å². The van der Waals surface area contributed by atoms with Gasteiger partial charge in [0.25, 0.3) is 5.56 Å². The number of pyridine rings is 1. The molecule has 3 aromatic heterocycles. The molecule has 0 radical (unpaired) electrons. The first-order chi connectivity index (χ1) is 11.7. The summed E-state index contributed by atoms with van der Waals surface area (Å²) in [7, 11) is 1.63. The van der Waals surface area contributed by atoms with E-state index in [0.29, 0.717) is 5.56 Å². The van der Waals surface area contributed by atoms with Crippen molar-refractivity contribution in [2.24, 2.45) is 0 Å². The van der Waals surface area contributed by atoms with E-state index in [9.17, 15) is 4.79 Å². The summed E-state index contributed by atoms with van der Waals surface area (Å²) >= 11 is 0. The summed E-state index contributed by atoms with van der Waals surface area (Å²) in [5.41, 5.74) is 4.47. The van der Waals surface area contributed by atoms with Gasteiger partial charge in [0, 0.05) is 17.5 Å². The van der Waals surface area contributed by atoms with Gasteiger partial charge in [-0.1, -0.05) is 6.07 Å². The Hall–Kier alpha value is -3.28. The second-order valence-corrected chi connectivity index (χ2v) is 5.55. The summed E-state index contributed by atoms with van der Waals surface area (Å²) in [5.74, 6) is 0.778.